The van der Waals surface area contributed by atoms with Gasteiger partial charge < -0.3 is 24.3 Å². The van der Waals surface area contributed by atoms with E-state index in [2.05, 4.69) is 19.9 Å². The van der Waals surface area contributed by atoms with Gasteiger partial charge in [-0.1, -0.05) is 24.3 Å². The highest BCUT2D eigenvalue weighted by Crippen LogP contribution is 2.34. The van der Waals surface area contributed by atoms with Crippen molar-refractivity contribution in [3.05, 3.63) is 60.2 Å². The van der Waals surface area contributed by atoms with Crippen LogP contribution in [0, 0.1) is 11.6 Å². The van der Waals surface area contributed by atoms with Gasteiger partial charge in [-0.25, -0.2) is 18.7 Å². The first kappa shape index (κ1) is 21.1. The first-order valence-electron chi connectivity index (χ1n) is 10.9. The summed E-state index contributed by atoms with van der Waals surface area (Å²) in [5.41, 5.74) is 1.88. The molecule has 2 saturated heterocycles. The van der Waals surface area contributed by atoms with Gasteiger partial charge >= 0.3 is 0 Å². The summed E-state index contributed by atoms with van der Waals surface area (Å²) in [6.45, 7) is 0.719. The molecular formula is C24H20F2N4O4. The van der Waals surface area contributed by atoms with E-state index < -0.39 is 11.6 Å². The fraction of sp³-hybridized carbons (Fsp3) is 0.292. The van der Waals surface area contributed by atoms with Crippen LogP contribution in [0.15, 0.2) is 42.7 Å². The topological polar surface area (TPSA) is 102 Å². The molecule has 4 heterocycles. The van der Waals surface area contributed by atoms with Gasteiger partial charge in [0, 0.05) is 30.6 Å². The highest BCUT2D eigenvalue weighted by molar-refractivity contribution is 5.84. The Morgan fingerprint density at radius 3 is 2.59 bits per heavy atom. The molecule has 3 atom stereocenters. The standard InChI is InChI=1S/C24H20F2N4O4/c25-15-7-16-22(30-24(29-16)34-18-11-33-17-5-6-32-23(17)18)21(26)20(15)13-3-1-12(2-4-13)14-8-27-19(10-31)28-9-14/h1-4,7-9,17-18,23,31H,5-6,10-11H2,(H,29,30). The van der Waals surface area contributed by atoms with E-state index in [-0.39, 0.29) is 47.5 Å². The van der Waals surface area contributed by atoms with Crippen LogP contribution in [0.1, 0.15) is 12.2 Å². The molecule has 2 N–H and O–H groups in total. The minimum Gasteiger partial charge on any atom is -0.456 e. The molecule has 34 heavy (non-hydrogen) atoms. The number of hydrogen-bond acceptors (Lipinski definition) is 7. The van der Waals surface area contributed by atoms with Crippen molar-refractivity contribution in [2.75, 3.05) is 13.2 Å². The summed E-state index contributed by atoms with van der Waals surface area (Å²) in [5, 5.41) is 9.07. The van der Waals surface area contributed by atoms with Gasteiger partial charge in [0.05, 0.1) is 23.8 Å². The zero-order valence-corrected chi connectivity index (χ0v) is 17.9. The molecule has 0 spiro atoms. The molecule has 8 nitrogen and oxygen atoms in total. The lowest BCUT2D eigenvalue weighted by Crippen LogP contribution is -2.32. The molecule has 2 aliphatic heterocycles. The van der Waals surface area contributed by atoms with Crippen molar-refractivity contribution in [1.82, 2.24) is 19.9 Å². The Labute approximate surface area is 192 Å². The molecule has 174 valence electrons. The Morgan fingerprint density at radius 2 is 1.82 bits per heavy atom. The van der Waals surface area contributed by atoms with Gasteiger partial charge in [-0.05, 0) is 17.5 Å². The summed E-state index contributed by atoms with van der Waals surface area (Å²) in [7, 11) is 0. The van der Waals surface area contributed by atoms with Crippen LogP contribution in [0.4, 0.5) is 8.78 Å². The van der Waals surface area contributed by atoms with E-state index in [0.717, 1.165) is 17.5 Å². The maximum Gasteiger partial charge on any atom is 0.295 e. The minimum absolute atomic E-state index is 0.00249. The van der Waals surface area contributed by atoms with Gasteiger partial charge in [0.15, 0.2) is 17.7 Å². The number of nitrogens with zero attached hydrogens (tertiary/aromatic N) is 3. The van der Waals surface area contributed by atoms with Gasteiger partial charge in [0.1, 0.15) is 24.0 Å². The fourth-order valence-electron chi connectivity index (χ4n) is 4.47. The van der Waals surface area contributed by atoms with Crippen molar-refractivity contribution in [2.24, 2.45) is 0 Å². The van der Waals surface area contributed by atoms with Crippen LogP contribution in [-0.4, -0.2) is 56.6 Å². The number of rotatable bonds is 5. The fourth-order valence-corrected chi connectivity index (χ4v) is 4.47. The maximum absolute atomic E-state index is 15.4. The van der Waals surface area contributed by atoms with Gasteiger partial charge in [0.2, 0.25) is 0 Å². The van der Waals surface area contributed by atoms with Crippen LogP contribution in [-0.2, 0) is 16.1 Å². The molecule has 2 fully saturated rings. The molecule has 0 bridgehead atoms. The van der Waals surface area contributed by atoms with Crippen LogP contribution in [0.3, 0.4) is 0 Å². The Bertz CT molecular complexity index is 1340. The van der Waals surface area contributed by atoms with Gasteiger partial charge in [-0.15, -0.1) is 0 Å². The quantitative estimate of drug-likeness (QED) is 0.465. The smallest absolute Gasteiger partial charge is 0.295 e. The van der Waals surface area contributed by atoms with Crippen molar-refractivity contribution in [3.63, 3.8) is 0 Å². The minimum atomic E-state index is -0.776. The molecule has 0 amide bonds. The van der Waals surface area contributed by atoms with Crippen LogP contribution < -0.4 is 4.74 Å². The molecule has 4 aromatic rings. The van der Waals surface area contributed by atoms with E-state index >= 15 is 4.39 Å². The second kappa shape index (κ2) is 8.39. The summed E-state index contributed by atoms with van der Waals surface area (Å²) in [6.07, 6.45) is 3.43. The number of fused-ring (bicyclic) bond motifs is 2. The first-order chi connectivity index (χ1) is 16.6. The lowest BCUT2D eigenvalue weighted by atomic mass is 10.0. The van der Waals surface area contributed by atoms with Crippen LogP contribution in [0.25, 0.3) is 33.3 Å². The number of nitrogens with one attached hydrogen (secondary N) is 1. The third-order valence-electron chi connectivity index (χ3n) is 6.18. The van der Waals surface area contributed by atoms with Gasteiger partial charge in [-0.3, -0.25) is 0 Å². The highest BCUT2D eigenvalue weighted by Gasteiger charge is 2.43. The zero-order valence-electron chi connectivity index (χ0n) is 17.9. The molecule has 6 rings (SSSR count). The lowest BCUT2D eigenvalue weighted by Gasteiger charge is -2.15. The number of halogens is 2. The monoisotopic (exact) mass is 466 g/mol. The number of aliphatic hydroxyl groups is 1. The summed E-state index contributed by atoms with van der Waals surface area (Å²) >= 11 is 0. The maximum atomic E-state index is 15.4. The van der Waals surface area contributed by atoms with Crippen molar-refractivity contribution >= 4 is 11.0 Å². The number of aromatic nitrogens is 4. The number of aliphatic hydroxyl groups excluding tert-OH is 1. The van der Waals surface area contributed by atoms with E-state index in [1.165, 1.54) is 6.07 Å². The number of benzene rings is 2. The van der Waals surface area contributed by atoms with E-state index in [1.54, 1.807) is 36.7 Å². The lowest BCUT2D eigenvalue weighted by molar-refractivity contribution is 0.0273. The molecule has 2 aliphatic rings. The summed E-state index contributed by atoms with van der Waals surface area (Å²) in [4.78, 5) is 15.2. The Balaban J connectivity index is 1.29. The second-order valence-corrected chi connectivity index (χ2v) is 8.26. The van der Waals surface area contributed by atoms with Crippen molar-refractivity contribution in [1.29, 1.82) is 0 Å². The number of imidazole rings is 1. The van der Waals surface area contributed by atoms with E-state index in [1.807, 2.05) is 0 Å². The van der Waals surface area contributed by atoms with Crippen LogP contribution in [0.5, 0.6) is 6.01 Å². The molecule has 3 unspecified atom stereocenters. The summed E-state index contributed by atoms with van der Waals surface area (Å²) < 4.78 is 47.5. The van der Waals surface area contributed by atoms with Crippen LogP contribution in [0.2, 0.25) is 0 Å². The van der Waals surface area contributed by atoms with Gasteiger partial charge in [0.25, 0.3) is 6.01 Å². The van der Waals surface area contributed by atoms with Crippen molar-refractivity contribution < 1.29 is 28.1 Å². The predicted octanol–water partition coefficient (Wildman–Crippen LogP) is 3.39. The predicted molar refractivity (Wildman–Crippen MR) is 117 cm³/mol. The van der Waals surface area contributed by atoms with Gasteiger partial charge in [-0.2, -0.15) is 4.98 Å². The summed E-state index contributed by atoms with van der Waals surface area (Å²) in [5.74, 6) is -1.18. The van der Waals surface area contributed by atoms with Crippen molar-refractivity contribution in [2.45, 2.75) is 31.3 Å². The average Bonchev–Trinajstić information content (AvgIpc) is 3.57. The SMILES string of the molecule is OCc1ncc(-c2ccc(-c3c(F)cc4[nH]c(OC5COC6CCOC65)nc4c3F)cc2)cn1. The molecule has 0 aliphatic carbocycles. The highest BCUT2D eigenvalue weighted by atomic mass is 19.1. The van der Waals surface area contributed by atoms with Crippen LogP contribution >= 0.6 is 0 Å². The molecule has 2 aromatic carbocycles. The van der Waals surface area contributed by atoms with E-state index in [4.69, 9.17) is 19.3 Å². The largest absolute Gasteiger partial charge is 0.456 e. The average molecular weight is 466 g/mol. The third kappa shape index (κ3) is 3.60. The molecule has 0 saturated carbocycles. The number of hydrogen-bond donors (Lipinski definition) is 2. The number of aromatic amines is 1. The first-order valence-corrected chi connectivity index (χ1v) is 10.9. The van der Waals surface area contributed by atoms with Crippen molar-refractivity contribution in [3.8, 4) is 28.3 Å². The normalized spacial score (nSPS) is 21.8. The molecular weight excluding hydrogens is 446 g/mol. The summed E-state index contributed by atoms with van der Waals surface area (Å²) in [6, 6.07) is 8.01. The number of H-pyrrole nitrogens is 1. The van der Waals surface area contributed by atoms with E-state index in [9.17, 15) is 4.39 Å². The number of ether oxygens (including phenoxy) is 3. The molecule has 0 radical (unpaired) electrons. The Kier molecular flexibility index (Phi) is 5.20. The van der Waals surface area contributed by atoms with E-state index in [0.29, 0.717) is 24.6 Å². The third-order valence-corrected chi connectivity index (χ3v) is 6.18. The second-order valence-electron chi connectivity index (χ2n) is 8.26. The molecule has 2 aromatic heterocycles. The Hall–Kier alpha value is -3.47. The molecule has 10 heteroatoms. The zero-order chi connectivity index (χ0) is 23.2. The Morgan fingerprint density at radius 1 is 1.06 bits per heavy atom.